The van der Waals surface area contributed by atoms with E-state index in [1.807, 2.05) is 11.6 Å². The van der Waals surface area contributed by atoms with Crippen LogP contribution >= 0.6 is 0 Å². The highest BCUT2D eigenvalue weighted by molar-refractivity contribution is 7.90. The van der Waals surface area contributed by atoms with Crippen LogP contribution < -0.4 is 4.72 Å². The zero-order valence-corrected chi connectivity index (χ0v) is 8.99. The number of sulfonamides is 1. The van der Waals surface area contributed by atoms with E-state index in [0.717, 1.165) is 12.8 Å². The maximum atomic E-state index is 11.1. The van der Waals surface area contributed by atoms with Crippen LogP contribution in [0.3, 0.4) is 0 Å². The van der Waals surface area contributed by atoms with Gasteiger partial charge in [0.1, 0.15) is 0 Å². The van der Waals surface area contributed by atoms with Gasteiger partial charge in [0.05, 0.1) is 5.75 Å². The maximum absolute atomic E-state index is 11.1. The summed E-state index contributed by atoms with van der Waals surface area (Å²) in [5.74, 6) is -0.375. The fraction of sp³-hybridized carbons (Fsp3) is 0.875. The van der Waals surface area contributed by atoms with Crippen molar-refractivity contribution in [3.05, 3.63) is 0 Å². The van der Waals surface area contributed by atoms with E-state index >= 15 is 0 Å². The van der Waals surface area contributed by atoms with Gasteiger partial charge in [0, 0.05) is 6.42 Å². The lowest BCUT2D eigenvalue weighted by Crippen LogP contribution is -2.32. The number of rotatable bonds is 6. The smallest absolute Gasteiger partial charge is 0.234 e. The van der Waals surface area contributed by atoms with Crippen LogP contribution in [0.5, 0.6) is 0 Å². The molecule has 1 N–H and O–H groups in total. The quantitative estimate of drug-likeness (QED) is 0.707. The van der Waals surface area contributed by atoms with Crippen molar-refractivity contribution in [2.24, 2.45) is 0 Å². The zero-order valence-electron chi connectivity index (χ0n) is 8.17. The first-order valence-corrected chi connectivity index (χ1v) is 6.20. The third kappa shape index (κ3) is 6.57. The van der Waals surface area contributed by atoms with Crippen molar-refractivity contribution < 1.29 is 13.2 Å². The third-order valence-corrected chi connectivity index (χ3v) is 2.98. The molecule has 0 bridgehead atoms. The highest BCUT2D eigenvalue weighted by Crippen LogP contribution is 1.95. The minimum atomic E-state index is -3.36. The number of unbranched alkanes of at least 4 members (excludes halogenated alkanes) is 1. The first-order valence-electron chi connectivity index (χ1n) is 4.55. The molecule has 1 amide bonds. The second kappa shape index (κ2) is 5.96. The molecule has 5 heteroatoms. The molecule has 0 saturated heterocycles. The van der Waals surface area contributed by atoms with Crippen molar-refractivity contribution in [1.82, 2.24) is 4.72 Å². The number of carbonyl (C=O) groups excluding carboxylic acids is 1. The van der Waals surface area contributed by atoms with E-state index < -0.39 is 15.9 Å². The first-order chi connectivity index (χ1) is 6.02. The lowest BCUT2D eigenvalue weighted by Gasteiger charge is -2.04. The monoisotopic (exact) mass is 207 g/mol. The van der Waals surface area contributed by atoms with E-state index in [0.29, 0.717) is 12.8 Å². The summed E-state index contributed by atoms with van der Waals surface area (Å²) >= 11 is 0. The van der Waals surface area contributed by atoms with E-state index in [-0.39, 0.29) is 5.75 Å². The van der Waals surface area contributed by atoms with Crippen molar-refractivity contribution in [3.8, 4) is 0 Å². The Hall–Kier alpha value is -0.580. The molecule has 0 unspecified atom stereocenters. The summed E-state index contributed by atoms with van der Waals surface area (Å²) in [6.07, 6.45) is 2.44. The molecule has 0 aromatic carbocycles. The molecule has 4 nitrogen and oxygen atoms in total. The van der Waals surface area contributed by atoms with Gasteiger partial charge >= 0.3 is 0 Å². The summed E-state index contributed by atoms with van der Waals surface area (Å²) in [6, 6.07) is 0. The molecule has 0 heterocycles. The molecule has 0 spiro atoms. The second-order valence-corrected chi connectivity index (χ2v) is 4.79. The van der Waals surface area contributed by atoms with Gasteiger partial charge in [0.15, 0.2) is 0 Å². The van der Waals surface area contributed by atoms with Gasteiger partial charge in [-0.05, 0) is 12.8 Å². The van der Waals surface area contributed by atoms with Gasteiger partial charge in [0.25, 0.3) is 0 Å². The first kappa shape index (κ1) is 12.4. The van der Waals surface area contributed by atoms with Crippen LogP contribution in [0.15, 0.2) is 0 Å². The zero-order chi connectivity index (χ0) is 10.3. The van der Waals surface area contributed by atoms with Gasteiger partial charge in [-0.3, -0.25) is 9.52 Å². The summed E-state index contributed by atoms with van der Waals surface area (Å²) in [5, 5.41) is 0. The number of nitrogens with one attached hydrogen (secondary N) is 1. The molecule has 0 fully saturated rings. The van der Waals surface area contributed by atoms with Crippen LogP contribution in [-0.4, -0.2) is 20.1 Å². The standard InChI is InChI=1S/C8H17NO3S/c1-3-5-6-8(10)9-13(11,12)7-4-2/h3-7H2,1-2H3,(H,9,10). The summed E-state index contributed by atoms with van der Waals surface area (Å²) in [7, 11) is -3.36. The van der Waals surface area contributed by atoms with Crippen molar-refractivity contribution in [3.63, 3.8) is 0 Å². The average Bonchev–Trinajstić information content (AvgIpc) is 1.99. The average molecular weight is 207 g/mol. The number of hydrogen-bond donors (Lipinski definition) is 1. The molecule has 0 aliphatic heterocycles. The minimum absolute atomic E-state index is 0.0187. The van der Waals surface area contributed by atoms with Gasteiger partial charge in [-0.1, -0.05) is 20.3 Å². The van der Waals surface area contributed by atoms with Crippen LogP contribution in [0.2, 0.25) is 0 Å². The lowest BCUT2D eigenvalue weighted by molar-refractivity contribution is -0.119. The Bertz CT molecular complexity index is 246. The molecule has 0 rings (SSSR count). The molecular weight excluding hydrogens is 190 g/mol. The van der Waals surface area contributed by atoms with E-state index in [2.05, 4.69) is 0 Å². The van der Waals surface area contributed by atoms with Crippen LogP contribution in [0.4, 0.5) is 0 Å². The van der Waals surface area contributed by atoms with Crippen LogP contribution in [-0.2, 0) is 14.8 Å². The van der Waals surface area contributed by atoms with E-state index in [1.54, 1.807) is 6.92 Å². The Morgan fingerprint density at radius 3 is 2.31 bits per heavy atom. The SMILES string of the molecule is CCCCC(=O)NS(=O)(=O)CCC. The molecule has 78 valence electrons. The van der Waals surface area contributed by atoms with Gasteiger partial charge in [-0.25, -0.2) is 8.42 Å². The maximum Gasteiger partial charge on any atom is 0.234 e. The third-order valence-electron chi connectivity index (χ3n) is 1.50. The number of hydrogen-bond acceptors (Lipinski definition) is 3. The lowest BCUT2D eigenvalue weighted by atomic mass is 10.2. The van der Waals surface area contributed by atoms with Crippen molar-refractivity contribution in [1.29, 1.82) is 0 Å². The molecular formula is C8H17NO3S. The topological polar surface area (TPSA) is 63.2 Å². The van der Waals surface area contributed by atoms with E-state index in [1.165, 1.54) is 0 Å². The Morgan fingerprint density at radius 2 is 1.85 bits per heavy atom. The molecule has 0 radical (unpaired) electrons. The molecule has 0 saturated carbocycles. The molecule has 13 heavy (non-hydrogen) atoms. The van der Waals surface area contributed by atoms with Gasteiger partial charge in [-0.15, -0.1) is 0 Å². The highest BCUT2D eigenvalue weighted by atomic mass is 32.2. The van der Waals surface area contributed by atoms with Crippen molar-refractivity contribution in [2.45, 2.75) is 39.5 Å². The molecule has 0 aromatic rings. The molecule has 0 aromatic heterocycles. The van der Waals surface area contributed by atoms with Gasteiger partial charge in [-0.2, -0.15) is 0 Å². The number of carbonyl (C=O) groups is 1. The fourth-order valence-electron chi connectivity index (χ4n) is 0.882. The van der Waals surface area contributed by atoms with Crippen LogP contribution in [0.25, 0.3) is 0 Å². The Labute approximate surface area is 79.8 Å². The van der Waals surface area contributed by atoms with Crippen molar-refractivity contribution in [2.75, 3.05) is 5.75 Å². The molecule has 0 aliphatic carbocycles. The van der Waals surface area contributed by atoms with Crippen LogP contribution in [0.1, 0.15) is 39.5 Å². The Morgan fingerprint density at radius 1 is 1.23 bits per heavy atom. The number of amides is 1. The summed E-state index contributed by atoms with van der Waals surface area (Å²) < 4.78 is 24.2. The summed E-state index contributed by atoms with van der Waals surface area (Å²) in [4.78, 5) is 11.0. The Balaban J connectivity index is 3.90. The van der Waals surface area contributed by atoms with Gasteiger partial charge < -0.3 is 0 Å². The van der Waals surface area contributed by atoms with E-state index in [4.69, 9.17) is 0 Å². The Kier molecular flexibility index (Phi) is 5.70. The summed E-state index contributed by atoms with van der Waals surface area (Å²) in [5.41, 5.74) is 0. The molecule has 0 atom stereocenters. The van der Waals surface area contributed by atoms with Crippen LogP contribution in [0, 0.1) is 0 Å². The molecule has 0 aliphatic rings. The predicted molar refractivity (Wildman–Crippen MR) is 51.7 cm³/mol. The summed E-state index contributed by atoms with van der Waals surface area (Å²) in [6.45, 7) is 3.71. The largest absolute Gasteiger partial charge is 0.274 e. The van der Waals surface area contributed by atoms with E-state index in [9.17, 15) is 13.2 Å². The fourth-order valence-corrected chi connectivity index (χ4v) is 1.97. The normalized spacial score (nSPS) is 11.2. The highest BCUT2D eigenvalue weighted by Gasteiger charge is 2.11. The van der Waals surface area contributed by atoms with Gasteiger partial charge in [0.2, 0.25) is 15.9 Å². The van der Waals surface area contributed by atoms with Crippen molar-refractivity contribution >= 4 is 15.9 Å². The predicted octanol–water partition coefficient (Wildman–Crippen LogP) is 1.03. The second-order valence-electron chi connectivity index (χ2n) is 2.95. The minimum Gasteiger partial charge on any atom is -0.274 e.